The third-order valence-corrected chi connectivity index (χ3v) is 4.25. The fourth-order valence-corrected chi connectivity index (χ4v) is 2.93. The maximum absolute atomic E-state index is 13.1. The largest absolute Gasteiger partial charge is 0.481 e. The Morgan fingerprint density at radius 1 is 1.10 bits per heavy atom. The van der Waals surface area contributed by atoms with Gasteiger partial charge in [-0.15, -0.1) is 0 Å². The minimum Gasteiger partial charge on any atom is -0.481 e. The molecule has 21 heavy (non-hydrogen) atoms. The molecule has 0 spiro atoms. The molecule has 1 saturated carbocycles. The van der Waals surface area contributed by atoms with Gasteiger partial charge in [0.1, 0.15) is 4.33 Å². The third-order valence-electron chi connectivity index (χ3n) is 3.31. The number of carboxylic acids is 1. The number of hydrogen-bond acceptors (Lipinski definition) is 1. The molecule has 116 valence electrons. The second-order valence-corrected chi connectivity index (χ2v) is 6.11. The molecule has 1 aromatic rings. The van der Waals surface area contributed by atoms with E-state index in [-0.39, 0.29) is 5.56 Å². The maximum atomic E-state index is 13.1. The number of carboxylic acid groups (broad SMARTS) is 1. The molecular formula is C12H7Cl2F5O2. The summed E-state index contributed by atoms with van der Waals surface area (Å²) < 4.78 is 61.2. The lowest BCUT2D eigenvalue weighted by Gasteiger charge is -2.20. The molecule has 0 saturated heterocycles. The molecule has 0 unspecified atom stereocenters. The molecule has 1 aliphatic rings. The fourth-order valence-electron chi connectivity index (χ4n) is 2.11. The summed E-state index contributed by atoms with van der Waals surface area (Å²) in [6.07, 6.45) is -5.71. The number of benzene rings is 1. The normalized spacial score (nSPS) is 24.7. The molecule has 1 aliphatic carbocycles. The summed E-state index contributed by atoms with van der Waals surface area (Å²) in [6, 6.07) is 3.12. The van der Waals surface area contributed by atoms with Gasteiger partial charge < -0.3 is 5.11 Å². The Kier molecular flexibility index (Phi) is 3.65. The summed E-state index contributed by atoms with van der Waals surface area (Å²) in [5.41, 5.74) is -1.05. The molecule has 0 aliphatic heterocycles. The van der Waals surface area contributed by atoms with Crippen molar-refractivity contribution in [3.63, 3.8) is 0 Å². The number of rotatable bonds is 3. The Bertz CT molecular complexity index is 568. The van der Waals surface area contributed by atoms with Crippen LogP contribution in [0.1, 0.15) is 17.0 Å². The Balaban J connectivity index is 2.28. The van der Waals surface area contributed by atoms with Crippen LogP contribution in [0.15, 0.2) is 24.3 Å². The van der Waals surface area contributed by atoms with Crippen molar-refractivity contribution in [1.29, 1.82) is 0 Å². The van der Waals surface area contributed by atoms with E-state index in [1.807, 2.05) is 0 Å². The van der Waals surface area contributed by atoms with E-state index in [0.717, 1.165) is 12.1 Å². The minimum atomic E-state index is -5.71. The Hall–Kier alpha value is -1.08. The van der Waals surface area contributed by atoms with Crippen molar-refractivity contribution in [2.45, 2.75) is 22.4 Å². The number of aliphatic carboxylic acids is 1. The van der Waals surface area contributed by atoms with E-state index < -0.39 is 39.8 Å². The van der Waals surface area contributed by atoms with Crippen LogP contribution in [-0.4, -0.2) is 21.6 Å². The van der Waals surface area contributed by atoms with E-state index in [4.69, 9.17) is 28.3 Å². The monoisotopic (exact) mass is 348 g/mol. The van der Waals surface area contributed by atoms with Gasteiger partial charge in [-0.2, -0.15) is 22.0 Å². The highest BCUT2D eigenvalue weighted by atomic mass is 35.5. The number of alkyl halides is 7. The van der Waals surface area contributed by atoms with Gasteiger partial charge in [0.2, 0.25) is 0 Å². The zero-order valence-corrected chi connectivity index (χ0v) is 11.5. The molecular weight excluding hydrogens is 342 g/mol. The predicted octanol–water partition coefficient (Wildman–Crippen LogP) is 4.31. The first-order valence-corrected chi connectivity index (χ1v) is 6.32. The second-order valence-electron chi connectivity index (χ2n) is 4.66. The zero-order chi connectivity index (χ0) is 16.2. The van der Waals surface area contributed by atoms with Crippen LogP contribution in [0.3, 0.4) is 0 Å². The average molecular weight is 349 g/mol. The van der Waals surface area contributed by atoms with E-state index in [0.29, 0.717) is 12.1 Å². The van der Waals surface area contributed by atoms with Crippen LogP contribution in [-0.2, 0) is 10.7 Å². The van der Waals surface area contributed by atoms with Crippen LogP contribution in [0.4, 0.5) is 22.0 Å². The molecule has 1 N–H and O–H groups in total. The molecule has 2 atom stereocenters. The van der Waals surface area contributed by atoms with Crippen molar-refractivity contribution in [1.82, 2.24) is 0 Å². The van der Waals surface area contributed by atoms with E-state index in [1.165, 1.54) is 0 Å². The summed E-state index contributed by atoms with van der Waals surface area (Å²) in [5, 5.41) is 8.87. The Morgan fingerprint density at radius 3 is 1.90 bits per heavy atom. The molecule has 0 heterocycles. The van der Waals surface area contributed by atoms with Gasteiger partial charge in [0, 0.05) is 11.5 Å². The standard InChI is InChI=1S/C12H7Cl2F5O2/c13-10(14)7(8(10)9(20)21)5-1-3-6(4-2-5)11(15,16)12(17,18)19/h1-4,7-8H,(H,20,21)/t7-,8+/m1/s1. The van der Waals surface area contributed by atoms with Crippen LogP contribution in [0.2, 0.25) is 0 Å². The lowest BCUT2D eigenvalue weighted by molar-refractivity contribution is -0.289. The van der Waals surface area contributed by atoms with Crippen molar-refractivity contribution in [3.8, 4) is 0 Å². The number of carbonyl (C=O) groups is 1. The van der Waals surface area contributed by atoms with Gasteiger partial charge in [-0.1, -0.05) is 47.5 Å². The average Bonchev–Trinajstić information content (AvgIpc) is 2.91. The first-order valence-electron chi connectivity index (χ1n) is 5.56. The molecule has 0 radical (unpaired) electrons. The highest BCUT2D eigenvalue weighted by Gasteiger charge is 2.68. The van der Waals surface area contributed by atoms with Crippen molar-refractivity contribution >= 4 is 29.2 Å². The first-order chi connectivity index (χ1) is 9.40. The topological polar surface area (TPSA) is 37.3 Å². The third kappa shape index (κ3) is 2.57. The molecule has 0 aromatic heterocycles. The van der Waals surface area contributed by atoms with Crippen LogP contribution >= 0.6 is 23.2 Å². The number of halogens is 7. The van der Waals surface area contributed by atoms with Gasteiger partial charge in [0.15, 0.2) is 0 Å². The Morgan fingerprint density at radius 2 is 1.57 bits per heavy atom. The van der Waals surface area contributed by atoms with Crippen LogP contribution in [0, 0.1) is 5.92 Å². The van der Waals surface area contributed by atoms with Crippen molar-refractivity contribution in [3.05, 3.63) is 35.4 Å². The van der Waals surface area contributed by atoms with Crippen molar-refractivity contribution in [2.24, 2.45) is 5.92 Å². The molecule has 0 amide bonds. The van der Waals surface area contributed by atoms with Crippen molar-refractivity contribution < 1.29 is 31.9 Å². The fraction of sp³-hybridized carbons (Fsp3) is 0.417. The predicted molar refractivity (Wildman–Crippen MR) is 64.7 cm³/mol. The smallest absolute Gasteiger partial charge is 0.458 e. The minimum absolute atomic E-state index is 0.189. The zero-order valence-electron chi connectivity index (χ0n) is 9.97. The highest BCUT2D eigenvalue weighted by Crippen LogP contribution is 2.65. The van der Waals surface area contributed by atoms with E-state index in [2.05, 4.69) is 0 Å². The van der Waals surface area contributed by atoms with Crippen LogP contribution in [0.25, 0.3) is 0 Å². The van der Waals surface area contributed by atoms with Gasteiger partial charge in [-0.25, -0.2) is 0 Å². The van der Waals surface area contributed by atoms with Gasteiger partial charge in [-0.05, 0) is 5.56 Å². The van der Waals surface area contributed by atoms with Gasteiger partial charge in [0.05, 0.1) is 5.92 Å². The van der Waals surface area contributed by atoms with Gasteiger partial charge >= 0.3 is 18.1 Å². The Labute approximate surface area is 125 Å². The second kappa shape index (κ2) is 4.71. The van der Waals surface area contributed by atoms with Crippen LogP contribution in [0.5, 0.6) is 0 Å². The number of hydrogen-bond donors (Lipinski definition) is 1. The molecule has 2 nitrogen and oxygen atoms in total. The van der Waals surface area contributed by atoms with E-state index >= 15 is 0 Å². The van der Waals surface area contributed by atoms with E-state index in [9.17, 15) is 26.7 Å². The molecule has 1 fully saturated rings. The quantitative estimate of drug-likeness (QED) is 0.652. The molecule has 1 aromatic carbocycles. The summed E-state index contributed by atoms with van der Waals surface area (Å²) in [7, 11) is 0. The summed E-state index contributed by atoms with van der Waals surface area (Å²) >= 11 is 11.5. The SMILES string of the molecule is O=C(O)[C@@H]1[C@@H](c2ccc(C(F)(F)C(F)(F)F)cc2)C1(Cl)Cl. The molecule has 2 rings (SSSR count). The molecule has 0 bridgehead atoms. The van der Waals surface area contributed by atoms with Gasteiger partial charge in [0.25, 0.3) is 0 Å². The first kappa shape index (κ1) is 16.3. The summed E-state index contributed by atoms with van der Waals surface area (Å²) in [5.74, 6) is -8.24. The maximum Gasteiger partial charge on any atom is 0.458 e. The summed E-state index contributed by atoms with van der Waals surface area (Å²) in [4.78, 5) is 10.9. The molecule has 9 heteroatoms. The highest BCUT2D eigenvalue weighted by molar-refractivity contribution is 6.53. The summed E-state index contributed by atoms with van der Waals surface area (Å²) in [6.45, 7) is 0. The van der Waals surface area contributed by atoms with E-state index in [1.54, 1.807) is 0 Å². The van der Waals surface area contributed by atoms with Gasteiger partial charge in [-0.3, -0.25) is 4.79 Å². The van der Waals surface area contributed by atoms with Crippen molar-refractivity contribution in [2.75, 3.05) is 0 Å². The lowest BCUT2D eigenvalue weighted by atomic mass is 10.0. The van der Waals surface area contributed by atoms with Crippen LogP contribution < -0.4 is 0 Å². The lowest BCUT2D eigenvalue weighted by Crippen LogP contribution is -2.33.